The maximum atomic E-state index is 13.6. The van der Waals surface area contributed by atoms with Crippen molar-refractivity contribution < 1.29 is 27.1 Å². The van der Waals surface area contributed by atoms with Crippen molar-refractivity contribution in [3.05, 3.63) is 90.2 Å². The molecule has 0 aliphatic carbocycles. The molecule has 32 heavy (non-hydrogen) atoms. The van der Waals surface area contributed by atoms with Crippen LogP contribution in [0, 0.1) is 5.82 Å². The lowest BCUT2D eigenvalue weighted by atomic mass is 10.2. The predicted molar refractivity (Wildman–Crippen MR) is 116 cm³/mol. The van der Waals surface area contributed by atoms with Crippen LogP contribution in [0.3, 0.4) is 0 Å². The summed E-state index contributed by atoms with van der Waals surface area (Å²) in [6.45, 7) is 1.40. The van der Waals surface area contributed by atoms with Gasteiger partial charge in [-0.05, 0) is 55.5 Å². The van der Waals surface area contributed by atoms with Crippen molar-refractivity contribution in [3.8, 4) is 5.75 Å². The molecule has 166 valence electrons. The molecule has 3 aromatic carbocycles. The normalized spacial score (nSPS) is 11.8. The second-order valence-corrected chi connectivity index (χ2v) is 8.31. The van der Waals surface area contributed by atoms with Gasteiger partial charge >= 0.3 is 0 Å². The molecule has 1 unspecified atom stereocenters. The Hall–Kier alpha value is -3.92. The van der Waals surface area contributed by atoms with Crippen LogP contribution in [0.4, 0.5) is 10.1 Å². The number of anilines is 1. The van der Waals surface area contributed by atoms with Gasteiger partial charge in [-0.3, -0.25) is 25.2 Å². The standard InChI is InChI=1S/C22H20FN3O5S/c1-15(31-20-10-6-5-9-19(20)23)21(27)24-25-22(28)16-11-13-17(14-12-16)26-32(29,30)18-7-3-2-4-8-18/h2-15,26H,1H3,(H,24,27)(H,25,28). The summed E-state index contributed by atoms with van der Waals surface area (Å²) in [5, 5.41) is 0. The lowest BCUT2D eigenvalue weighted by Crippen LogP contribution is -2.47. The van der Waals surface area contributed by atoms with Crippen LogP contribution in [0.2, 0.25) is 0 Å². The van der Waals surface area contributed by atoms with Crippen LogP contribution >= 0.6 is 0 Å². The zero-order valence-electron chi connectivity index (χ0n) is 16.9. The Balaban J connectivity index is 1.54. The van der Waals surface area contributed by atoms with Gasteiger partial charge in [-0.25, -0.2) is 12.8 Å². The highest BCUT2D eigenvalue weighted by Gasteiger charge is 2.18. The molecule has 10 heteroatoms. The second-order valence-electron chi connectivity index (χ2n) is 6.63. The van der Waals surface area contributed by atoms with Crippen molar-refractivity contribution >= 4 is 27.5 Å². The minimum absolute atomic E-state index is 0.0879. The number of ether oxygens (including phenoxy) is 1. The Kier molecular flexibility index (Phi) is 7.06. The number of hydrogen-bond acceptors (Lipinski definition) is 5. The summed E-state index contributed by atoms with van der Waals surface area (Å²) in [4.78, 5) is 24.4. The summed E-state index contributed by atoms with van der Waals surface area (Å²) in [7, 11) is -3.75. The third-order valence-corrected chi connectivity index (χ3v) is 5.66. The number of nitrogens with one attached hydrogen (secondary N) is 3. The third kappa shape index (κ3) is 5.82. The van der Waals surface area contributed by atoms with Crippen LogP contribution in [-0.4, -0.2) is 26.3 Å². The molecule has 2 amide bonds. The minimum Gasteiger partial charge on any atom is -0.478 e. The van der Waals surface area contributed by atoms with Crippen molar-refractivity contribution in [2.45, 2.75) is 17.9 Å². The number of sulfonamides is 1. The van der Waals surface area contributed by atoms with Crippen LogP contribution in [0.1, 0.15) is 17.3 Å². The molecule has 0 spiro atoms. The smallest absolute Gasteiger partial charge is 0.279 e. The van der Waals surface area contributed by atoms with Gasteiger partial charge in [0.2, 0.25) is 0 Å². The van der Waals surface area contributed by atoms with E-state index in [9.17, 15) is 22.4 Å². The van der Waals surface area contributed by atoms with Gasteiger partial charge in [0.05, 0.1) is 4.90 Å². The topological polar surface area (TPSA) is 114 Å². The summed E-state index contributed by atoms with van der Waals surface area (Å²) in [6, 6.07) is 19.1. The van der Waals surface area contributed by atoms with E-state index in [1.807, 2.05) is 0 Å². The van der Waals surface area contributed by atoms with Gasteiger partial charge in [0.1, 0.15) is 0 Å². The summed E-state index contributed by atoms with van der Waals surface area (Å²) in [5.41, 5.74) is 4.86. The van der Waals surface area contributed by atoms with E-state index in [2.05, 4.69) is 15.6 Å². The van der Waals surface area contributed by atoms with E-state index in [0.29, 0.717) is 0 Å². The lowest BCUT2D eigenvalue weighted by Gasteiger charge is -2.15. The van der Waals surface area contributed by atoms with E-state index in [1.165, 1.54) is 61.5 Å². The van der Waals surface area contributed by atoms with E-state index in [-0.39, 0.29) is 21.9 Å². The van der Waals surface area contributed by atoms with E-state index in [1.54, 1.807) is 24.3 Å². The Morgan fingerprint density at radius 2 is 1.50 bits per heavy atom. The molecule has 0 fully saturated rings. The average molecular weight is 457 g/mol. The van der Waals surface area contributed by atoms with Crippen molar-refractivity contribution in [1.29, 1.82) is 0 Å². The molecule has 3 rings (SSSR count). The Morgan fingerprint density at radius 1 is 0.875 bits per heavy atom. The molecule has 3 aromatic rings. The molecular formula is C22H20FN3O5S. The highest BCUT2D eigenvalue weighted by Crippen LogP contribution is 2.18. The molecule has 0 saturated heterocycles. The van der Waals surface area contributed by atoms with E-state index in [4.69, 9.17) is 4.74 Å². The molecule has 0 heterocycles. The number of para-hydroxylation sites is 1. The fourth-order valence-electron chi connectivity index (χ4n) is 2.58. The largest absolute Gasteiger partial charge is 0.478 e. The molecule has 0 saturated carbocycles. The zero-order valence-corrected chi connectivity index (χ0v) is 17.7. The molecule has 1 atom stereocenters. The first-order chi connectivity index (χ1) is 15.3. The number of halogens is 1. The molecule has 0 bridgehead atoms. The van der Waals surface area contributed by atoms with Gasteiger partial charge in [-0.2, -0.15) is 0 Å². The average Bonchev–Trinajstić information content (AvgIpc) is 2.79. The Bertz CT molecular complexity index is 1200. The predicted octanol–water partition coefficient (Wildman–Crippen LogP) is 2.86. The molecule has 0 aromatic heterocycles. The van der Waals surface area contributed by atoms with Crippen molar-refractivity contribution in [1.82, 2.24) is 10.9 Å². The molecule has 0 aliphatic heterocycles. The van der Waals surface area contributed by atoms with Gasteiger partial charge in [0.15, 0.2) is 17.7 Å². The van der Waals surface area contributed by atoms with Crippen LogP contribution < -0.4 is 20.3 Å². The quantitative estimate of drug-likeness (QED) is 0.472. The van der Waals surface area contributed by atoms with Crippen LogP contribution in [0.15, 0.2) is 83.8 Å². The summed E-state index contributed by atoms with van der Waals surface area (Å²) in [6.07, 6.45) is -1.07. The maximum Gasteiger partial charge on any atom is 0.279 e. The highest BCUT2D eigenvalue weighted by atomic mass is 32.2. The van der Waals surface area contributed by atoms with E-state index >= 15 is 0 Å². The number of carbonyl (C=O) groups excluding carboxylic acids is 2. The number of hydrazine groups is 1. The second kappa shape index (κ2) is 9.92. The van der Waals surface area contributed by atoms with Gasteiger partial charge in [-0.1, -0.05) is 30.3 Å². The number of benzene rings is 3. The number of rotatable bonds is 7. The fraction of sp³-hybridized carbons (Fsp3) is 0.0909. The molecule has 0 aliphatic rings. The summed E-state index contributed by atoms with van der Waals surface area (Å²) in [5.74, 6) is -2.02. The van der Waals surface area contributed by atoms with Gasteiger partial charge < -0.3 is 4.74 Å². The Labute approximate surface area is 184 Å². The van der Waals surface area contributed by atoms with E-state index < -0.39 is 33.8 Å². The van der Waals surface area contributed by atoms with Crippen molar-refractivity contribution in [3.63, 3.8) is 0 Å². The summed E-state index contributed by atoms with van der Waals surface area (Å²) >= 11 is 0. The lowest BCUT2D eigenvalue weighted by molar-refractivity contribution is -0.128. The van der Waals surface area contributed by atoms with Crippen LogP contribution in [0.25, 0.3) is 0 Å². The van der Waals surface area contributed by atoms with Crippen LogP contribution in [-0.2, 0) is 14.8 Å². The van der Waals surface area contributed by atoms with Gasteiger partial charge in [0, 0.05) is 11.3 Å². The number of amides is 2. The molecule has 3 N–H and O–H groups in total. The number of carbonyl (C=O) groups is 2. The van der Waals surface area contributed by atoms with E-state index in [0.717, 1.165) is 0 Å². The first-order valence-corrected chi connectivity index (χ1v) is 10.9. The van der Waals surface area contributed by atoms with Crippen molar-refractivity contribution in [2.75, 3.05) is 4.72 Å². The highest BCUT2D eigenvalue weighted by molar-refractivity contribution is 7.92. The van der Waals surface area contributed by atoms with Gasteiger partial charge in [-0.15, -0.1) is 0 Å². The fourth-order valence-corrected chi connectivity index (χ4v) is 3.66. The molecule has 8 nitrogen and oxygen atoms in total. The summed E-state index contributed by atoms with van der Waals surface area (Å²) < 4.78 is 45.9. The molecule has 0 radical (unpaired) electrons. The SMILES string of the molecule is CC(Oc1ccccc1F)C(=O)NNC(=O)c1ccc(NS(=O)(=O)c2ccccc2)cc1. The molecular weight excluding hydrogens is 437 g/mol. The minimum atomic E-state index is -3.75. The first-order valence-electron chi connectivity index (χ1n) is 9.45. The Morgan fingerprint density at radius 3 is 2.16 bits per heavy atom. The first kappa shape index (κ1) is 22.8. The third-order valence-electron chi connectivity index (χ3n) is 4.26. The van der Waals surface area contributed by atoms with Gasteiger partial charge in [0.25, 0.3) is 21.8 Å². The van der Waals surface area contributed by atoms with Crippen molar-refractivity contribution in [2.24, 2.45) is 0 Å². The maximum absolute atomic E-state index is 13.6. The zero-order chi connectivity index (χ0) is 23.1. The number of hydrogen-bond donors (Lipinski definition) is 3. The van der Waals surface area contributed by atoms with Crippen LogP contribution in [0.5, 0.6) is 5.75 Å². The monoisotopic (exact) mass is 457 g/mol.